The molecule has 0 bridgehead atoms. The highest BCUT2D eigenvalue weighted by atomic mass is 16.3. The smallest absolute Gasteiger partial charge is 0.204 e. The second kappa shape index (κ2) is 13.4. The first-order valence-electron chi connectivity index (χ1n) is 11.7. The number of hydrogen-bond acceptors (Lipinski definition) is 10. The molecular formula is C26H33N5O5. The number of nitrogens with one attached hydrogen (secondary N) is 1. The van der Waals surface area contributed by atoms with E-state index >= 15 is 0 Å². The topological polar surface area (TPSA) is 155 Å². The van der Waals surface area contributed by atoms with Crippen LogP contribution >= 0.6 is 0 Å². The van der Waals surface area contributed by atoms with E-state index in [2.05, 4.69) is 10.3 Å². The maximum absolute atomic E-state index is 12.5. The molecule has 36 heavy (non-hydrogen) atoms. The Morgan fingerprint density at radius 3 is 1.67 bits per heavy atom. The molecule has 0 spiro atoms. The summed E-state index contributed by atoms with van der Waals surface area (Å²) in [7, 11) is 0. The number of nitrogens with zero attached hydrogens (tertiary/aromatic N) is 3. The highest BCUT2D eigenvalue weighted by Crippen LogP contribution is 2.23. The maximum Gasteiger partial charge on any atom is 0.204 e. The molecule has 2 aromatic rings. The van der Waals surface area contributed by atoms with E-state index in [1.807, 2.05) is 46.2 Å². The summed E-state index contributed by atoms with van der Waals surface area (Å²) in [6.07, 6.45) is 2.94. The van der Waals surface area contributed by atoms with Gasteiger partial charge in [0.25, 0.3) is 0 Å². The quantitative estimate of drug-likeness (QED) is 0.221. The molecular weight excluding hydrogens is 462 g/mol. The minimum absolute atomic E-state index is 0.0215. The lowest BCUT2D eigenvalue weighted by Gasteiger charge is -2.23. The van der Waals surface area contributed by atoms with Crippen LogP contribution in [-0.2, 0) is 4.79 Å². The molecule has 1 aliphatic rings. The third kappa shape index (κ3) is 7.15. The van der Waals surface area contributed by atoms with Crippen molar-refractivity contribution < 1.29 is 25.2 Å². The summed E-state index contributed by atoms with van der Waals surface area (Å²) in [5, 5.41) is 40.0. The fourth-order valence-electron chi connectivity index (χ4n) is 3.79. The van der Waals surface area contributed by atoms with Crippen molar-refractivity contribution in [2.45, 2.75) is 0 Å². The molecule has 0 atom stereocenters. The van der Waals surface area contributed by atoms with Crippen molar-refractivity contribution >= 4 is 34.2 Å². The lowest BCUT2D eigenvalue weighted by atomic mass is 10.1. The van der Waals surface area contributed by atoms with Crippen LogP contribution in [0.25, 0.3) is 0 Å². The number of aliphatic hydroxyl groups excluding tert-OH is 4. The van der Waals surface area contributed by atoms with Gasteiger partial charge in [-0.3, -0.25) is 4.79 Å². The van der Waals surface area contributed by atoms with E-state index in [0.29, 0.717) is 49.0 Å². The van der Waals surface area contributed by atoms with Crippen LogP contribution < -0.4 is 20.9 Å². The Hall–Kier alpha value is -3.70. The second-order valence-corrected chi connectivity index (χ2v) is 8.08. The molecule has 3 rings (SSSR count). The molecule has 0 aromatic heterocycles. The van der Waals surface area contributed by atoms with Crippen LogP contribution in [0.1, 0.15) is 0 Å². The Balaban J connectivity index is 1.77. The number of anilines is 3. The maximum atomic E-state index is 12.5. The molecule has 10 heteroatoms. The van der Waals surface area contributed by atoms with Gasteiger partial charge < -0.3 is 41.3 Å². The molecule has 1 aliphatic carbocycles. The largest absolute Gasteiger partial charge is 0.397 e. The van der Waals surface area contributed by atoms with Crippen molar-refractivity contribution in [3.63, 3.8) is 0 Å². The van der Waals surface area contributed by atoms with Crippen LogP contribution in [0.15, 0.2) is 77.1 Å². The van der Waals surface area contributed by atoms with Gasteiger partial charge in [0.1, 0.15) is 0 Å². The Morgan fingerprint density at radius 1 is 0.722 bits per heavy atom. The van der Waals surface area contributed by atoms with Crippen LogP contribution in [0, 0.1) is 0 Å². The lowest BCUT2D eigenvalue weighted by molar-refractivity contribution is -0.111. The number of rotatable bonds is 13. The normalized spacial score (nSPS) is 14.4. The molecule has 0 amide bonds. The minimum Gasteiger partial charge on any atom is -0.397 e. The number of benzene rings is 2. The van der Waals surface area contributed by atoms with Crippen molar-refractivity contribution in [2.24, 2.45) is 10.7 Å². The molecule has 192 valence electrons. The van der Waals surface area contributed by atoms with Crippen molar-refractivity contribution in [3.8, 4) is 0 Å². The van der Waals surface area contributed by atoms with E-state index in [4.69, 9.17) is 5.73 Å². The van der Waals surface area contributed by atoms with E-state index in [9.17, 15) is 25.2 Å². The van der Waals surface area contributed by atoms with Gasteiger partial charge in [0.05, 0.1) is 49.2 Å². The Bertz CT molecular complexity index is 1080. The number of carbonyl (C=O) groups is 1. The highest BCUT2D eigenvalue weighted by molar-refractivity contribution is 6.23. The average molecular weight is 496 g/mol. The van der Waals surface area contributed by atoms with Crippen LogP contribution in [-0.4, -0.2) is 84.5 Å². The lowest BCUT2D eigenvalue weighted by Crippen LogP contribution is -2.29. The predicted octanol–water partition coefficient (Wildman–Crippen LogP) is 0.762. The molecule has 0 unspecified atom stereocenters. The number of hydrogen-bond donors (Lipinski definition) is 6. The first-order valence-corrected chi connectivity index (χ1v) is 11.7. The summed E-state index contributed by atoms with van der Waals surface area (Å²) in [5.74, 6) is -0.267. The third-order valence-corrected chi connectivity index (χ3v) is 5.58. The van der Waals surface area contributed by atoms with Gasteiger partial charge in [-0.25, -0.2) is 4.99 Å². The number of aliphatic imine (C=N–C) groups is 1. The summed E-state index contributed by atoms with van der Waals surface area (Å²) in [6, 6.07) is 14.6. The van der Waals surface area contributed by atoms with Crippen molar-refractivity contribution in [1.82, 2.24) is 0 Å². The molecule has 0 saturated carbocycles. The first-order chi connectivity index (χ1) is 17.5. The fraction of sp³-hybridized carbons (Fsp3) is 0.308. The van der Waals surface area contributed by atoms with E-state index < -0.39 is 0 Å². The summed E-state index contributed by atoms with van der Waals surface area (Å²) in [5.41, 5.74) is 10.1. The number of aliphatic hydroxyl groups is 4. The van der Waals surface area contributed by atoms with Crippen LogP contribution in [0.3, 0.4) is 0 Å². The molecule has 0 saturated heterocycles. The zero-order valence-corrected chi connectivity index (χ0v) is 20.0. The summed E-state index contributed by atoms with van der Waals surface area (Å²) in [4.78, 5) is 20.9. The highest BCUT2D eigenvalue weighted by Gasteiger charge is 2.18. The zero-order valence-electron chi connectivity index (χ0n) is 20.0. The molecule has 0 fully saturated rings. The van der Waals surface area contributed by atoms with Crippen LogP contribution in [0.5, 0.6) is 0 Å². The number of ketones is 1. The van der Waals surface area contributed by atoms with Gasteiger partial charge in [-0.05, 0) is 54.6 Å². The van der Waals surface area contributed by atoms with Crippen molar-refractivity contribution in [1.29, 1.82) is 0 Å². The monoisotopic (exact) mass is 495 g/mol. The van der Waals surface area contributed by atoms with E-state index in [1.54, 1.807) is 18.2 Å². The molecule has 7 N–H and O–H groups in total. The number of nitrogens with two attached hydrogens (primary N) is 1. The summed E-state index contributed by atoms with van der Waals surface area (Å²) in [6.45, 7) is 1.54. The number of allylic oxidation sites excluding steroid dienone is 2. The van der Waals surface area contributed by atoms with Crippen LogP contribution in [0.4, 0.5) is 22.7 Å². The molecule has 2 aromatic carbocycles. The van der Waals surface area contributed by atoms with Gasteiger partial charge in [0.15, 0.2) is 0 Å². The summed E-state index contributed by atoms with van der Waals surface area (Å²) < 4.78 is 0. The van der Waals surface area contributed by atoms with Gasteiger partial charge in [-0.15, -0.1) is 0 Å². The third-order valence-electron chi connectivity index (χ3n) is 5.58. The van der Waals surface area contributed by atoms with E-state index in [-0.39, 0.29) is 37.9 Å². The van der Waals surface area contributed by atoms with Gasteiger partial charge >= 0.3 is 0 Å². The minimum atomic E-state index is -0.267. The molecule has 0 radical (unpaired) electrons. The van der Waals surface area contributed by atoms with E-state index in [0.717, 1.165) is 11.4 Å². The van der Waals surface area contributed by atoms with Crippen molar-refractivity contribution in [2.75, 3.05) is 67.7 Å². The Labute approximate surface area is 210 Å². The van der Waals surface area contributed by atoms with Gasteiger partial charge in [0.2, 0.25) is 5.78 Å². The Morgan fingerprint density at radius 2 is 1.19 bits per heavy atom. The number of carbonyl (C=O) groups excluding carboxylic acids is 1. The Kier molecular flexibility index (Phi) is 10.0. The first kappa shape index (κ1) is 26.9. The molecule has 10 nitrogen and oxygen atoms in total. The van der Waals surface area contributed by atoms with Crippen molar-refractivity contribution in [3.05, 3.63) is 72.1 Å². The van der Waals surface area contributed by atoms with Crippen LogP contribution in [0.2, 0.25) is 0 Å². The van der Waals surface area contributed by atoms with E-state index in [1.165, 1.54) is 6.08 Å². The summed E-state index contributed by atoms with van der Waals surface area (Å²) >= 11 is 0. The average Bonchev–Trinajstić information content (AvgIpc) is 2.87. The standard InChI is InChI=1S/C26H33N5O5/c27-23-17-26(36)25(29-20-3-7-22(8-4-20)31(11-15-34)12-16-35)18-24(23)28-19-1-5-21(6-2-19)30(9-13-32)10-14-33/h1-8,17-18,29,32-35H,9-16,27H2/b28-24-. The second-order valence-electron chi connectivity index (χ2n) is 8.08. The van der Waals surface area contributed by atoms with Gasteiger partial charge in [-0.2, -0.15) is 0 Å². The SMILES string of the molecule is NC1=CC(=O)C(Nc2ccc(N(CCO)CCO)cc2)=C/C1=N/c1ccc(N(CCO)CCO)cc1. The zero-order chi connectivity index (χ0) is 25.9. The predicted molar refractivity (Wildman–Crippen MR) is 142 cm³/mol. The van der Waals surface area contributed by atoms with Gasteiger partial charge in [0, 0.05) is 49.3 Å². The molecule has 0 heterocycles. The fourth-order valence-corrected chi connectivity index (χ4v) is 3.79. The van der Waals surface area contributed by atoms with Gasteiger partial charge in [-0.1, -0.05) is 0 Å². The molecule has 0 aliphatic heterocycles.